The van der Waals surface area contributed by atoms with Crippen LogP contribution in [0.5, 0.6) is 0 Å². The Hall–Kier alpha value is -1.46. The third kappa shape index (κ3) is 2.68. The van der Waals surface area contributed by atoms with Gasteiger partial charge in [0, 0.05) is 4.70 Å². The van der Waals surface area contributed by atoms with Crippen LogP contribution in [0.2, 0.25) is 0 Å². The topological polar surface area (TPSA) is 49.3 Å². The molecule has 0 radical (unpaired) electrons. The molecule has 0 fully saturated rings. The van der Waals surface area contributed by atoms with Crippen molar-refractivity contribution in [3.05, 3.63) is 35.0 Å². The molecular formula is C13H14FNO2S. The molecule has 2 aromatic rings. The van der Waals surface area contributed by atoms with E-state index < -0.39 is 0 Å². The number of benzene rings is 1. The highest BCUT2D eigenvalue weighted by Gasteiger charge is 2.14. The van der Waals surface area contributed by atoms with E-state index in [0.717, 1.165) is 10.1 Å². The van der Waals surface area contributed by atoms with Gasteiger partial charge in [-0.25, -0.2) is 4.39 Å². The van der Waals surface area contributed by atoms with Gasteiger partial charge in [0.05, 0.1) is 17.5 Å². The molecule has 2 N–H and O–H groups in total. The smallest absolute Gasteiger partial charge is 0.261 e. The monoisotopic (exact) mass is 267 g/mol. The van der Waals surface area contributed by atoms with Crippen molar-refractivity contribution < 1.29 is 14.3 Å². The summed E-state index contributed by atoms with van der Waals surface area (Å²) in [6.07, 6.45) is 0.668. The highest BCUT2D eigenvalue weighted by molar-refractivity contribution is 7.20. The predicted molar refractivity (Wildman–Crippen MR) is 70.4 cm³/mol. The van der Waals surface area contributed by atoms with Crippen LogP contribution in [0.4, 0.5) is 4.39 Å². The number of carbonyl (C=O) groups is 1. The summed E-state index contributed by atoms with van der Waals surface area (Å²) in [6.45, 7) is 1.81. The molecule has 18 heavy (non-hydrogen) atoms. The van der Waals surface area contributed by atoms with E-state index in [1.54, 1.807) is 12.1 Å². The molecule has 5 heteroatoms. The molecule has 0 aliphatic rings. The molecule has 3 nitrogen and oxygen atoms in total. The Morgan fingerprint density at radius 2 is 2.28 bits per heavy atom. The fraction of sp³-hybridized carbons (Fsp3) is 0.308. The summed E-state index contributed by atoms with van der Waals surface area (Å²) in [5.41, 5.74) is 0. The van der Waals surface area contributed by atoms with Crippen molar-refractivity contribution in [3.8, 4) is 0 Å². The maximum absolute atomic E-state index is 13.0. The zero-order valence-electron chi connectivity index (χ0n) is 9.94. The number of hydrogen-bond acceptors (Lipinski definition) is 3. The number of amides is 1. The molecule has 1 amide bonds. The van der Waals surface area contributed by atoms with Gasteiger partial charge in [0.15, 0.2) is 0 Å². The standard InChI is InChI=1S/C13H14FNO2S/c1-2-10(7-16)15-13(17)12-5-8-3-4-9(14)6-11(8)18-12/h3-6,10,16H,2,7H2,1H3,(H,15,17). The molecular weight excluding hydrogens is 253 g/mol. The van der Waals surface area contributed by atoms with Gasteiger partial charge in [-0.2, -0.15) is 0 Å². The summed E-state index contributed by atoms with van der Waals surface area (Å²) in [5, 5.41) is 12.6. The van der Waals surface area contributed by atoms with Crippen molar-refractivity contribution in [2.75, 3.05) is 6.61 Å². The molecule has 0 spiro atoms. The van der Waals surface area contributed by atoms with Crippen molar-refractivity contribution >= 4 is 27.3 Å². The number of thiophene rings is 1. The maximum Gasteiger partial charge on any atom is 0.261 e. The lowest BCUT2D eigenvalue weighted by Crippen LogP contribution is -2.36. The van der Waals surface area contributed by atoms with Crippen molar-refractivity contribution in [2.24, 2.45) is 0 Å². The second-order valence-corrected chi connectivity index (χ2v) is 5.14. The van der Waals surface area contributed by atoms with Gasteiger partial charge in [0.25, 0.3) is 5.91 Å². The molecule has 2 rings (SSSR count). The molecule has 1 aromatic carbocycles. The van der Waals surface area contributed by atoms with Gasteiger partial charge < -0.3 is 10.4 Å². The lowest BCUT2D eigenvalue weighted by atomic mass is 10.2. The van der Waals surface area contributed by atoms with Crippen molar-refractivity contribution in [1.82, 2.24) is 5.32 Å². The van der Waals surface area contributed by atoms with E-state index in [2.05, 4.69) is 5.32 Å². The first-order valence-corrected chi connectivity index (χ1v) is 6.56. The minimum Gasteiger partial charge on any atom is -0.394 e. The van der Waals surface area contributed by atoms with Crippen LogP contribution in [0.1, 0.15) is 23.0 Å². The Morgan fingerprint density at radius 3 is 2.94 bits per heavy atom. The van der Waals surface area contributed by atoms with Crippen LogP contribution in [-0.2, 0) is 0 Å². The summed E-state index contributed by atoms with van der Waals surface area (Å²) < 4.78 is 13.8. The van der Waals surface area contributed by atoms with E-state index in [9.17, 15) is 9.18 Å². The fourth-order valence-electron chi connectivity index (χ4n) is 1.65. The van der Waals surface area contributed by atoms with Gasteiger partial charge in [0.1, 0.15) is 5.82 Å². The number of carbonyl (C=O) groups excluding carboxylic acids is 1. The summed E-state index contributed by atoms with van der Waals surface area (Å²) in [7, 11) is 0. The molecule has 1 unspecified atom stereocenters. The lowest BCUT2D eigenvalue weighted by molar-refractivity contribution is 0.0919. The summed E-state index contributed by atoms with van der Waals surface area (Å²) >= 11 is 1.25. The fourth-order valence-corrected chi connectivity index (χ4v) is 2.64. The molecule has 0 aliphatic carbocycles. The van der Waals surface area contributed by atoms with Crippen LogP contribution in [0, 0.1) is 5.82 Å². The Bertz CT molecular complexity index is 563. The number of hydrogen-bond donors (Lipinski definition) is 2. The van der Waals surface area contributed by atoms with Crippen molar-refractivity contribution in [2.45, 2.75) is 19.4 Å². The van der Waals surface area contributed by atoms with Crippen LogP contribution in [-0.4, -0.2) is 23.7 Å². The molecule has 0 saturated carbocycles. The summed E-state index contributed by atoms with van der Waals surface area (Å²) in [6, 6.07) is 5.94. The Labute approximate surface area is 108 Å². The van der Waals surface area contributed by atoms with Gasteiger partial charge in [-0.3, -0.25) is 4.79 Å². The molecule has 1 atom stereocenters. The summed E-state index contributed by atoms with van der Waals surface area (Å²) in [4.78, 5) is 12.5. The Balaban J connectivity index is 2.23. The second-order valence-electron chi connectivity index (χ2n) is 4.05. The average molecular weight is 267 g/mol. The maximum atomic E-state index is 13.0. The average Bonchev–Trinajstić information content (AvgIpc) is 2.78. The lowest BCUT2D eigenvalue weighted by Gasteiger charge is -2.12. The van der Waals surface area contributed by atoms with E-state index >= 15 is 0 Å². The van der Waals surface area contributed by atoms with E-state index in [-0.39, 0.29) is 24.4 Å². The Morgan fingerprint density at radius 1 is 1.50 bits per heavy atom. The second kappa shape index (κ2) is 5.46. The van der Waals surface area contributed by atoms with Gasteiger partial charge in [-0.15, -0.1) is 11.3 Å². The van der Waals surface area contributed by atoms with Gasteiger partial charge >= 0.3 is 0 Å². The molecule has 1 heterocycles. The highest BCUT2D eigenvalue weighted by Crippen LogP contribution is 2.26. The van der Waals surface area contributed by atoms with Gasteiger partial charge in [-0.1, -0.05) is 13.0 Å². The zero-order valence-corrected chi connectivity index (χ0v) is 10.8. The number of aliphatic hydroxyl groups is 1. The van der Waals surface area contributed by atoms with Crippen LogP contribution < -0.4 is 5.32 Å². The molecule has 0 aliphatic heterocycles. The van der Waals surface area contributed by atoms with E-state index in [1.807, 2.05) is 6.92 Å². The normalized spacial score (nSPS) is 12.6. The highest BCUT2D eigenvalue weighted by atomic mass is 32.1. The van der Waals surface area contributed by atoms with Crippen molar-refractivity contribution in [3.63, 3.8) is 0 Å². The third-order valence-electron chi connectivity index (χ3n) is 2.75. The molecule has 0 bridgehead atoms. The largest absolute Gasteiger partial charge is 0.394 e. The van der Waals surface area contributed by atoms with Gasteiger partial charge in [0.2, 0.25) is 0 Å². The number of aliphatic hydroxyl groups excluding tert-OH is 1. The van der Waals surface area contributed by atoms with Crippen molar-refractivity contribution in [1.29, 1.82) is 0 Å². The molecule has 1 aromatic heterocycles. The van der Waals surface area contributed by atoms with Crippen LogP contribution in [0.15, 0.2) is 24.3 Å². The number of fused-ring (bicyclic) bond motifs is 1. The third-order valence-corrected chi connectivity index (χ3v) is 3.85. The van der Waals surface area contributed by atoms with Crippen LogP contribution >= 0.6 is 11.3 Å². The minimum atomic E-state index is -0.307. The number of rotatable bonds is 4. The van der Waals surface area contributed by atoms with Gasteiger partial charge in [-0.05, 0) is 30.0 Å². The quantitative estimate of drug-likeness (QED) is 0.894. The first-order chi connectivity index (χ1) is 8.63. The van der Waals surface area contributed by atoms with Crippen LogP contribution in [0.3, 0.4) is 0 Å². The SMILES string of the molecule is CCC(CO)NC(=O)c1cc2ccc(F)cc2s1. The summed E-state index contributed by atoms with van der Waals surface area (Å²) in [5.74, 6) is -0.532. The molecule has 96 valence electrons. The number of nitrogens with one attached hydrogen (secondary N) is 1. The first kappa shape index (κ1) is 13.0. The minimum absolute atomic E-state index is 0.0816. The first-order valence-electron chi connectivity index (χ1n) is 5.75. The van der Waals surface area contributed by atoms with E-state index in [4.69, 9.17) is 5.11 Å². The predicted octanol–water partition coefficient (Wildman–Crippen LogP) is 2.54. The van der Waals surface area contributed by atoms with Crippen LogP contribution in [0.25, 0.3) is 10.1 Å². The van der Waals surface area contributed by atoms with E-state index in [0.29, 0.717) is 11.3 Å². The Kier molecular flexibility index (Phi) is 3.93. The molecule has 0 saturated heterocycles. The van der Waals surface area contributed by atoms with E-state index in [1.165, 1.54) is 23.5 Å². The number of halogens is 1. The zero-order chi connectivity index (χ0) is 13.1.